The highest BCUT2D eigenvalue weighted by molar-refractivity contribution is 5.94. The molecule has 0 radical (unpaired) electrons. The number of rotatable bonds is 2. The molecule has 0 N–H and O–H groups in total. The van der Waals surface area contributed by atoms with Crippen molar-refractivity contribution in [2.75, 3.05) is 13.1 Å². The van der Waals surface area contributed by atoms with E-state index in [0.717, 1.165) is 0 Å². The first-order chi connectivity index (χ1) is 14.5. The third-order valence-corrected chi connectivity index (χ3v) is 5.32. The average Bonchev–Trinajstić information content (AvgIpc) is 3.16. The highest BCUT2D eigenvalue weighted by Crippen LogP contribution is 2.37. The molecule has 0 saturated carbocycles. The van der Waals surface area contributed by atoms with Crippen molar-refractivity contribution in [1.82, 2.24) is 19.5 Å². The van der Waals surface area contributed by atoms with Crippen LogP contribution < -0.4 is 0 Å². The van der Waals surface area contributed by atoms with Gasteiger partial charge in [-0.15, -0.1) is 10.2 Å². The van der Waals surface area contributed by atoms with Crippen LogP contribution in [-0.4, -0.2) is 38.5 Å². The number of benzene rings is 1. The molecule has 1 fully saturated rings. The largest absolute Gasteiger partial charge is 0.416 e. The molecule has 0 unspecified atom stereocenters. The van der Waals surface area contributed by atoms with E-state index in [4.69, 9.17) is 0 Å². The third kappa shape index (κ3) is 4.21. The van der Waals surface area contributed by atoms with Gasteiger partial charge in [-0.2, -0.15) is 26.3 Å². The van der Waals surface area contributed by atoms with Crippen molar-refractivity contribution in [3.8, 4) is 0 Å². The minimum atomic E-state index is -5.00. The number of piperidine rings is 1. The van der Waals surface area contributed by atoms with E-state index < -0.39 is 35.0 Å². The quantitative estimate of drug-likeness (QED) is 0.537. The van der Waals surface area contributed by atoms with Gasteiger partial charge in [0.15, 0.2) is 5.65 Å². The molecule has 4 rings (SSSR count). The normalized spacial score (nSPS) is 16.1. The van der Waals surface area contributed by atoms with Crippen LogP contribution in [0.15, 0.2) is 42.6 Å². The van der Waals surface area contributed by atoms with Crippen molar-refractivity contribution in [2.24, 2.45) is 0 Å². The van der Waals surface area contributed by atoms with Crippen molar-refractivity contribution in [3.63, 3.8) is 0 Å². The van der Waals surface area contributed by atoms with E-state index in [2.05, 4.69) is 10.2 Å². The summed E-state index contributed by atoms with van der Waals surface area (Å²) in [5.41, 5.74) is -2.97. The lowest BCUT2D eigenvalue weighted by Crippen LogP contribution is -2.38. The molecule has 164 valence electrons. The Morgan fingerprint density at radius 1 is 0.903 bits per heavy atom. The molecule has 0 atom stereocenters. The zero-order chi connectivity index (χ0) is 22.4. The SMILES string of the molecule is O=C(c1cc(C(F)(F)F)cc(C(F)(F)F)c1)N1CCC(c2nnc3ccccn23)CC1. The second-order valence-electron chi connectivity index (χ2n) is 7.35. The van der Waals surface area contributed by atoms with Gasteiger partial charge in [0.25, 0.3) is 5.91 Å². The van der Waals surface area contributed by atoms with Gasteiger partial charge in [0, 0.05) is 30.8 Å². The van der Waals surface area contributed by atoms with Gasteiger partial charge in [-0.1, -0.05) is 6.07 Å². The van der Waals surface area contributed by atoms with E-state index >= 15 is 0 Å². The summed E-state index contributed by atoms with van der Waals surface area (Å²) in [6, 6.07) is 6.38. The molecule has 1 amide bonds. The Labute approximate surface area is 172 Å². The number of likely N-dealkylation sites (tertiary alicyclic amines) is 1. The number of hydrogen-bond donors (Lipinski definition) is 0. The van der Waals surface area contributed by atoms with Crippen LogP contribution in [0.2, 0.25) is 0 Å². The van der Waals surface area contributed by atoms with Gasteiger partial charge < -0.3 is 4.90 Å². The van der Waals surface area contributed by atoms with Crippen molar-refractivity contribution in [1.29, 1.82) is 0 Å². The van der Waals surface area contributed by atoms with Gasteiger partial charge in [0.2, 0.25) is 0 Å². The van der Waals surface area contributed by atoms with Crippen molar-refractivity contribution in [2.45, 2.75) is 31.1 Å². The van der Waals surface area contributed by atoms with Crippen LogP contribution in [-0.2, 0) is 12.4 Å². The molecule has 0 bridgehead atoms. The van der Waals surface area contributed by atoms with Crippen molar-refractivity contribution in [3.05, 3.63) is 65.1 Å². The van der Waals surface area contributed by atoms with E-state index in [0.29, 0.717) is 36.4 Å². The summed E-state index contributed by atoms with van der Waals surface area (Å²) >= 11 is 0. The van der Waals surface area contributed by atoms with Gasteiger partial charge in [-0.3, -0.25) is 9.20 Å². The Morgan fingerprint density at radius 2 is 1.52 bits per heavy atom. The van der Waals surface area contributed by atoms with E-state index in [1.165, 1.54) is 4.90 Å². The van der Waals surface area contributed by atoms with Gasteiger partial charge in [0.1, 0.15) is 5.82 Å². The molecule has 0 spiro atoms. The Balaban J connectivity index is 1.54. The fourth-order valence-electron chi connectivity index (χ4n) is 3.74. The summed E-state index contributed by atoms with van der Waals surface area (Å²) in [5.74, 6) is -0.184. The molecule has 5 nitrogen and oxygen atoms in total. The predicted octanol–water partition coefficient (Wildman–Crippen LogP) is 4.79. The minimum absolute atomic E-state index is 0.0133. The summed E-state index contributed by atoms with van der Waals surface area (Å²) in [6.45, 7) is 0.367. The molecular formula is C20H16F6N4O. The van der Waals surface area contributed by atoms with Gasteiger partial charge in [0.05, 0.1) is 11.1 Å². The fraction of sp³-hybridized carbons (Fsp3) is 0.350. The van der Waals surface area contributed by atoms with Crippen LogP contribution >= 0.6 is 0 Å². The average molecular weight is 442 g/mol. The van der Waals surface area contributed by atoms with Crippen LogP contribution in [0.4, 0.5) is 26.3 Å². The molecule has 31 heavy (non-hydrogen) atoms. The number of pyridine rings is 1. The van der Waals surface area contributed by atoms with Crippen LogP contribution in [0.25, 0.3) is 5.65 Å². The van der Waals surface area contributed by atoms with Crippen LogP contribution in [0, 0.1) is 0 Å². The molecule has 1 aliphatic rings. The van der Waals surface area contributed by atoms with Crippen molar-refractivity contribution < 1.29 is 31.1 Å². The number of carbonyl (C=O) groups is 1. The Morgan fingerprint density at radius 3 is 2.10 bits per heavy atom. The number of fused-ring (bicyclic) bond motifs is 1. The van der Waals surface area contributed by atoms with E-state index in [-0.39, 0.29) is 25.1 Å². The molecule has 3 aromatic rings. The summed E-state index contributed by atoms with van der Waals surface area (Å²) in [7, 11) is 0. The molecule has 1 aliphatic heterocycles. The molecule has 2 aromatic heterocycles. The number of hydrogen-bond acceptors (Lipinski definition) is 3. The first kappa shape index (κ1) is 21.1. The second-order valence-corrected chi connectivity index (χ2v) is 7.35. The predicted molar refractivity (Wildman–Crippen MR) is 97.3 cm³/mol. The molecule has 1 aromatic carbocycles. The lowest BCUT2D eigenvalue weighted by molar-refractivity contribution is -0.143. The van der Waals surface area contributed by atoms with Crippen LogP contribution in [0.1, 0.15) is 46.1 Å². The van der Waals surface area contributed by atoms with Crippen LogP contribution in [0.3, 0.4) is 0 Å². The lowest BCUT2D eigenvalue weighted by atomic mass is 9.95. The standard InChI is InChI=1S/C20H16F6N4O/c21-19(22,23)14-9-13(10-15(11-14)20(24,25)26)18(31)29-7-4-12(5-8-29)17-28-27-16-3-1-2-6-30(16)17/h1-3,6,9-12H,4-5,7-8H2. The molecule has 11 heteroatoms. The minimum Gasteiger partial charge on any atom is -0.339 e. The molecule has 1 saturated heterocycles. The monoisotopic (exact) mass is 442 g/mol. The molecular weight excluding hydrogens is 426 g/mol. The first-order valence-corrected chi connectivity index (χ1v) is 9.42. The first-order valence-electron chi connectivity index (χ1n) is 9.42. The molecule has 3 heterocycles. The van der Waals surface area contributed by atoms with E-state index in [9.17, 15) is 31.1 Å². The number of aromatic nitrogens is 3. The zero-order valence-corrected chi connectivity index (χ0v) is 15.9. The summed E-state index contributed by atoms with van der Waals surface area (Å²) in [6.07, 6.45) is -7.27. The third-order valence-electron chi connectivity index (χ3n) is 5.32. The lowest BCUT2D eigenvalue weighted by Gasteiger charge is -2.31. The number of alkyl halides is 6. The fourth-order valence-corrected chi connectivity index (χ4v) is 3.74. The maximum absolute atomic E-state index is 13.1. The van der Waals surface area contributed by atoms with E-state index in [1.807, 2.05) is 22.7 Å². The highest BCUT2D eigenvalue weighted by Gasteiger charge is 2.38. The summed E-state index contributed by atoms with van der Waals surface area (Å²) in [4.78, 5) is 14.0. The maximum Gasteiger partial charge on any atom is 0.416 e. The smallest absolute Gasteiger partial charge is 0.339 e. The van der Waals surface area contributed by atoms with Gasteiger partial charge in [-0.25, -0.2) is 0 Å². The Kier molecular flexibility index (Phi) is 5.14. The van der Waals surface area contributed by atoms with E-state index in [1.54, 1.807) is 6.07 Å². The Bertz CT molecular complexity index is 1080. The van der Waals surface area contributed by atoms with Crippen molar-refractivity contribution >= 4 is 11.6 Å². The highest BCUT2D eigenvalue weighted by atomic mass is 19.4. The second kappa shape index (κ2) is 7.54. The maximum atomic E-state index is 13.1. The Hall–Kier alpha value is -3.11. The van der Waals surface area contributed by atoms with Gasteiger partial charge >= 0.3 is 12.4 Å². The molecule has 0 aliphatic carbocycles. The number of amides is 1. The summed E-state index contributed by atoms with van der Waals surface area (Å²) < 4.78 is 80.2. The van der Waals surface area contributed by atoms with Gasteiger partial charge in [-0.05, 0) is 43.2 Å². The number of carbonyl (C=O) groups excluding carboxylic acids is 1. The topological polar surface area (TPSA) is 50.5 Å². The van der Waals surface area contributed by atoms with Crippen LogP contribution in [0.5, 0.6) is 0 Å². The number of halogens is 6. The zero-order valence-electron chi connectivity index (χ0n) is 15.9. The number of nitrogens with zero attached hydrogens (tertiary/aromatic N) is 4. The summed E-state index contributed by atoms with van der Waals surface area (Å²) in [5, 5.41) is 8.26.